The van der Waals surface area contributed by atoms with Gasteiger partial charge in [0, 0.05) is 79.8 Å². The van der Waals surface area contributed by atoms with Crippen molar-refractivity contribution in [2.24, 2.45) is 69.0 Å². The number of ether oxygens (including phenoxy) is 9. The molecule has 135 heavy (non-hydrogen) atoms. The molecule has 24 atom stereocenters. The molecule has 6 bridgehead atoms. The van der Waals surface area contributed by atoms with Crippen molar-refractivity contribution in [3.05, 3.63) is 71.7 Å². The normalized spacial score (nSPS) is 32.6. The van der Waals surface area contributed by atoms with Crippen LogP contribution < -0.4 is 44.4 Å². The standard InChI is InChI=1S/C33H41F2N4O6.C33H43F2N4O6.C32H41N4O6.3V/c1-16-24(15-40)39-14-26(16)44-30-28(36-22-10-9-18(43-5)13-23(22)37-30)27(35)21(34)8-6-7-19-20-11-17(20)12-25(19)45-32(42)38-29(31(39)41)33(2,3)4;1-18-24(17-40)39-16-25(18)44-29-27(36-22-13-12-20(43-6)15-23(22)37-29)26(35)21(34)11-7-9-19-10-8-14-33(19,5)45-31(42)38-28(30(39)41)32(2,3)4;1-18-24(17-37)36-16-26(18)41-28-22(33-21-9-8-20(40-5)14-23(21)34-28)7-6-10-32(11-12-32)15-19-13-25(19)42-30(39)35-27(29(36)38)31(2,3)4;;;/h9-10,13,16-17,19-21,24-27,29H,6-8,11-12,14H2,1-5H3,(H,38,42);12-13,15,18-19,21,24-26,28H,7-11,14,16H2,1-6H3,(H,38,42);8-9,14,18-19,24-27H,6-7,10-13,15-16H2,1-5H3,(H,35,39);;;/q3*-1;;;/t16-,17?,19+,20?,21?,24+,25+,26-,27?,29+;18-,19+,21?,24+,25-,26?,28+,33+;18-,19-,24+,25+,26-,27+;;;/m000.../s1. The number of methoxy groups -OCH3 is 3. The van der Waals surface area contributed by atoms with Crippen molar-refractivity contribution in [2.75, 3.05) is 41.0 Å². The van der Waals surface area contributed by atoms with Crippen molar-refractivity contribution in [1.29, 1.82) is 0 Å². The number of nitrogens with one attached hydrogen (secondary N) is 3. The largest absolute Gasteiger partial charge is 0.540 e. The Morgan fingerprint density at radius 1 is 0.430 bits per heavy atom. The van der Waals surface area contributed by atoms with Gasteiger partial charge in [-0.2, -0.15) is 0 Å². The van der Waals surface area contributed by atoms with Crippen LogP contribution in [-0.4, -0.2) is 225 Å². The first-order chi connectivity index (χ1) is 62.6. The maximum absolute atomic E-state index is 16.0. The quantitative estimate of drug-likeness (QED) is 0.0792. The van der Waals surface area contributed by atoms with E-state index in [0.717, 1.165) is 56.2 Å². The van der Waals surface area contributed by atoms with Crippen molar-refractivity contribution in [2.45, 2.75) is 303 Å². The zero-order valence-electron chi connectivity index (χ0n) is 79.6. The van der Waals surface area contributed by atoms with E-state index < -0.39 is 143 Å². The Bertz CT molecular complexity index is 5220. The van der Waals surface area contributed by atoms with Crippen LogP contribution in [0.15, 0.2) is 54.6 Å². The number of hydrogen-bond acceptors (Lipinski definition) is 24. The van der Waals surface area contributed by atoms with E-state index in [1.165, 1.54) is 41.8 Å². The summed E-state index contributed by atoms with van der Waals surface area (Å²) in [6.45, 7) is 23.8. The predicted molar refractivity (Wildman–Crippen MR) is 477 cm³/mol. The summed E-state index contributed by atoms with van der Waals surface area (Å²) in [6.07, 6.45) is 6.04. The van der Waals surface area contributed by atoms with Crippen LogP contribution in [0.5, 0.6) is 34.9 Å². The molecule has 3 aromatic carbocycles. The number of benzene rings is 3. The van der Waals surface area contributed by atoms with Crippen LogP contribution >= 0.6 is 0 Å². The first-order valence-electron chi connectivity index (χ1n) is 46.8. The molecule has 8 fully saturated rings. The molecule has 6 amide bonds. The summed E-state index contributed by atoms with van der Waals surface area (Å²) >= 11 is 0. The molecule has 6 unspecified atom stereocenters. The van der Waals surface area contributed by atoms with Gasteiger partial charge in [0.1, 0.15) is 101 Å². The summed E-state index contributed by atoms with van der Waals surface area (Å²) in [5.74, 6) is 0.00818. The van der Waals surface area contributed by atoms with Gasteiger partial charge in [-0.1, -0.05) is 114 Å². The summed E-state index contributed by atoms with van der Waals surface area (Å²) < 4.78 is 116. The van der Waals surface area contributed by atoms with E-state index in [-0.39, 0.29) is 147 Å². The Labute approximate surface area is 821 Å². The summed E-state index contributed by atoms with van der Waals surface area (Å²) in [7, 11) is 4.61. The number of halogens is 4. The minimum absolute atomic E-state index is 0. The van der Waals surface area contributed by atoms with Crippen molar-refractivity contribution < 1.29 is 159 Å². The van der Waals surface area contributed by atoms with Crippen LogP contribution in [0.4, 0.5) is 31.9 Å². The van der Waals surface area contributed by atoms with E-state index in [2.05, 4.69) is 42.2 Å². The van der Waals surface area contributed by atoms with E-state index in [0.29, 0.717) is 119 Å². The van der Waals surface area contributed by atoms with Gasteiger partial charge in [0.05, 0.1) is 74.1 Å². The van der Waals surface area contributed by atoms with Crippen LogP contribution in [0.2, 0.25) is 0 Å². The molecule has 11 aliphatic rings. The summed E-state index contributed by atoms with van der Waals surface area (Å²) in [4.78, 5) is 150. The third-order valence-corrected chi connectivity index (χ3v) is 29.5. The zero-order valence-corrected chi connectivity index (χ0v) is 83.7. The molecule has 30 nitrogen and oxygen atoms in total. The van der Waals surface area contributed by atoms with E-state index in [1.54, 1.807) is 57.4 Å². The first-order valence-corrected chi connectivity index (χ1v) is 46.8. The van der Waals surface area contributed by atoms with E-state index in [4.69, 9.17) is 52.6 Å². The van der Waals surface area contributed by atoms with Gasteiger partial charge in [0.15, 0.2) is 12.3 Å². The Morgan fingerprint density at radius 2 is 0.822 bits per heavy atom. The Kier molecular flexibility index (Phi) is 33.1. The third-order valence-electron chi connectivity index (χ3n) is 29.5. The molecule has 3 radical (unpaired) electrons. The van der Waals surface area contributed by atoms with Crippen molar-refractivity contribution >= 4 is 88.0 Å². The molecule has 17 rings (SSSR count). The van der Waals surface area contributed by atoms with Gasteiger partial charge in [-0.05, 0) is 209 Å². The van der Waals surface area contributed by atoms with Gasteiger partial charge < -0.3 is 87.7 Å². The second kappa shape index (κ2) is 42.5. The molecule has 37 heteroatoms. The molecule has 3 aromatic heterocycles. The fourth-order valence-corrected chi connectivity index (χ4v) is 21.0. The molecule has 9 heterocycles. The fraction of sp³-hybridized carbons (Fsp3) is 0.663. The molecular formula is C98H125F4N12O18V3-3. The molecule has 731 valence electrons. The second-order valence-corrected chi connectivity index (χ2v) is 41.9. The summed E-state index contributed by atoms with van der Waals surface area (Å²) in [5, 5.41) is 8.41. The number of aryl methyl sites for hydroxylation is 1. The number of carbonyl (C=O) groups excluding carboxylic acids is 9. The van der Waals surface area contributed by atoms with Crippen LogP contribution in [-0.2, 0) is 105 Å². The number of alkyl carbamates (subject to hydrolysis) is 3. The molecule has 6 aliphatic heterocycles. The smallest absolute Gasteiger partial charge is 0.408 e. The van der Waals surface area contributed by atoms with Crippen LogP contribution in [0.25, 0.3) is 33.1 Å². The Hall–Kier alpha value is -8.82. The first kappa shape index (κ1) is 105. The third kappa shape index (κ3) is 23.0. The molecule has 3 N–H and O–H groups in total. The molecular weight excluding hydrogens is 1860 g/mol. The molecule has 3 saturated heterocycles. The van der Waals surface area contributed by atoms with E-state index >= 15 is 17.6 Å². The van der Waals surface area contributed by atoms with Gasteiger partial charge in [-0.25, -0.2) is 80.7 Å². The minimum Gasteiger partial charge on any atom is -0.540 e. The van der Waals surface area contributed by atoms with Crippen molar-refractivity contribution in [3.63, 3.8) is 0 Å². The number of aromatic nitrogens is 6. The summed E-state index contributed by atoms with van der Waals surface area (Å²) in [6, 6.07) is 9.62. The van der Waals surface area contributed by atoms with Gasteiger partial charge >= 0.3 is 18.3 Å². The molecule has 6 aromatic rings. The maximum Gasteiger partial charge on any atom is 0.408 e. The SMILES string of the molecule is COc1ccc2nc3c(nc2c1)O[C@H]1CN(C(=O)[C@H](C(C)(C)C)NC(=O)O[C@@H]2CC4CC4[C@H]2CCCC(F)C3F)[C@H]([C-]=O)[C@@H]1C.COc1ccc2nc3c(nc2c1)O[C@H]1CN(C(=O)[C@H](C(C)(C)C)NC(=O)O[C@@H]2C[C@H]2CC2(CCC3)CC2)[C@H]([C-]=O)[C@@H]1C.COc1ccc2nc3c(nc2c1)O[C@H]1CN(C(=O)[C@H](C(C)(C)C)NC(=O)O[C@]2(C)CCC[C@H]2CCCC(F)C3F)[C@H]([C-]=O)[C@@H]1C.[V].[V].[V]. The van der Waals surface area contributed by atoms with Crippen molar-refractivity contribution in [3.8, 4) is 34.9 Å². The Balaban J connectivity index is 0.000000180. The van der Waals surface area contributed by atoms with Crippen LogP contribution in [0, 0.1) is 69.0 Å². The number of fused-ring (bicyclic) bond motifs is 17. The van der Waals surface area contributed by atoms with E-state index in [1.807, 2.05) is 107 Å². The predicted octanol–water partition coefficient (Wildman–Crippen LogP) is 15.0. The maximum atomic E-state index is 16.0. The number of nitrogens with zero attached hydrogens (tertiary/aromatic N) is 9. The molecule has 5 aliphatic carbocycles. The van der Waals surface area contributed by atoms with Gasteiger partial charge in [-0.15, -0.1) is 0 Å². The number of hydrogen-bond donors (Lipinski definition) is 3. The number of amides is 6. The summed E-state index contributed by atoms with van der Waals surface area (Å²) in [5.41, 5.74) is 0.432. The minimum atomic E-state index is -2.14. The molecule has 5 saturated carbocycles. The fourth-order valence-electron chi connectivity index (χ4n) is 21.0. The number of alkyl halides is 4. The van der Waals surface area contributed by atoms with Crippen LogP contribution in [0.1, 0.15) is 229 Å². The van der Waals surface area contributed by atoms with Gasteiger partial charge in [-0.3, -0.25) is 14.4 Å². The number of rotatable bonds is 6. The topological polar surface area (TPSA) is 360 Å². The second-order valence-electron chi connectivity index (χ2n) is 41.9. The van der Waals surface area contributed by atoms with Gasteiger partial charge in [0.2, 0.25) is 35.4 Å². The van der Waals surface area contributed by atoms with Crippen LogP contribution in [0.3, 0.4) is 0 Å². The van der Waals surface area contributed by atoms with Gasteiger partial charge in [0.25, 0.3) is 0 Å². The monoisotopic (exact) mass is 1990 g/mol. The van der Waals surface area contributed by atoms with E-state index in [9.17, 15) is 43.2 Å². The average molecular weight is 1990 g/mol. The zero-order chi connectivity index (χ0) is 94.7. The molecule has 1 spiro atoms. The number of carbonyl (C=O) groups is 6. The average Bonchev–Trinajstić information content (AvgIpc) is 1.55. The van der Waals surface area contributed by atoms with Crippen molar-refractivity contribution in [1.82, 2.24) is 60.6 Å². The Morgan fingerprint density at radius 3 is 1.24 bits per heavy atom.